The van der Waals surface area contributed by atoms with Crippen molar-refractivity contribution in [2.45, 2.75) is 25.7 Å². The van der Waals surface area contributed by atoms with Crippen LogP contribution in [0.1, 0.15) is 21.7 Å². The van der Waals surface area contributed by atoms with E-state index in [1.54, 1.807) is 17.5 Å². The zero-order valence-electron chi connectivity index (χ0n) is 17.0. The molecule has 0 amide bonds. The number of alkyl halides is 3. The molecule has 3 heterocycles. The quantitative estimate of drug-likeness (QED) is 0.390. The molecule has 32 heavy (non-hydrogen) atoms. The molecule has 5 rings (SSSR count). The number of hydrogen-bond donors (Lipinski definition) is 0. The van der Waals surface area contributed by atoms with Gasteiger partial charge in [0, 0.05) is 53.8 Å². The summed E-state index contributed by atoms with van der Waals surface area (Å²) in [7, 11) is 0. The SMILES string of the molecule is FC(F)(F)c1ccc(-c2ncc3c(n2)CCN(Cc2scnc2-c2ccccc2)C3)cc1. The van der Waals surface area contributed by atoms with Crippen molar-refractivity contribution in [2.75, 3.05) is 6.54 Å². The summed E-state index contributed by atoms with van der Waals surface area (Å²) in [5.41, 5.74) is 5.94. The van der Waals surface area contributed by atoms with Gasteiger partial charge in [0.1, 0.15) is 0 Å². The molecule has 2 aromatic carbocycles. The van der Waals surface area contributed by atoms with Crippen LogP contribution < -0.4 is 0 Å². The molecule has 162 valence electrons. The molecule has 0 unspecified atom stereocenters. The molecule has 0 saturated heterocycles. The van der Waals surface area contributed by atoms with Crippen LogP contribution in [-0.4, -0.2) is 26.4 Å². The van der Waals surface area contributed by atoms with Crippen molar-refractivity contribution in [3.05, 3.63) is 88.0 Å². The lowest BCUT2D eigenvalue weighted by molar-refractivity contribution is -0.137. The van der Waals surface area contributed by atoms with Crippen molar-refractivity contribution in [3.63, 3.8) is 0 Å². The van der Waals surface area contributed by atoms with E-state index >= 15 is 0 Å². The first-order chi connectivity index (χ1) is 15.5. The van der Waals surface area contributed by atoms with Crippen LogP contribution in [0.15, 0.2) is 66.3 Å². The average Bonchev–Trinajstić information content (AvgIpc) is 3.27. The van der Waals surface area contributed by atoms with Crippen molar-refractivity contribution >= 4 is 11.3 Å². The number of halogens is 3. The highest BCUT2D eigenvalue weighted by Gasteiger charge is 2.30. The van der Waals surface area contributed by atoms with Crippen LogP contribution in [0.4, 0.5) is 13.2 Å². The van der Waals surface area contributed by atoms with Crippen LogP contribution in [0.25, 0.3) is 22.6 Å². The molecular weight excluding hydrogens is 433 g/mol. The minimum absolute atomic E-state index is 0.458. The van der Waals surface area contributed by atoms with Crippen LogP contribution in [0.3, 0.4) is 0 Å². The Morgan fingerprint density at radius 3 is 2.47 bits per heavy atom. The first kappa shape index (κ1) is 20.8. The number of rotatable bonds is 4. The summed E-state index contributed by atoms with van der Waals surface area (Å²) in [6, 6.07) is 15.2. The van der Waals surface area contributed by atoms with Gasteiger partial charge in [-0.25, -0.2) is 15.0 Å². The van der Waals surface area contributed by atoms with Gasteiger partial charge in [-0.2, -0.15) is 13.2 Å². The third-order valence-corrected chi connectivity index (χ3v) is 6.36. The lowest BCUT2D eigenvalue weighted by Crippen LogP contribution is -2.30. The fraction of sp³-hybridized carbons (Fsp3) is 0.208. The normalized spacial score (nSPS) is 14.3. The maximum atomic E-state index is 12.8. The van der Waals surface area contributed by atoms with Gasteiger partial charge >= 0.3 is 6.18 Å². The summed E-state index contributed by atoms with van der Waals surface area (Å²) >= 11 is 1.66. The van der Waals surface area contributed by atoms with Gasteiger partial charge in [-0.15, -0.1) is 11.3 Å². The minimum Gasteiger partial charge on any atom is -0.293 e. The van der Waals surface area contributed by atoms with Crippen LogP contribution in [0.2, 0.25) is 0 Å². The van der Waals surface area contributed by atoms with E-state index in [9.17, 15) is 13.2 Å². The maximum Gasteiger partial charge on any atom is 0.416 e. The molecule has 0 fully saturated rings. The number of hydrogen-bond acceptors (Lipinski definition) is 5. The smallest absolute Gasteiger partial charge is 0.293 e. The predicted octanol–water partition coefficient (Wildman–Crippen LogP) is 5.84. The van der Waals surface area contributed by atoms with Crippen LogP contribution in [0, 0.1) is 0 Å². The Kier molecular flexibility index (Phi) is 5.48. The highest BCUT2D eigenvalue weighted by atomic mass is 32.1. The van der Waals surface area contributed by atoms with E-state index in [0.29, 0.717) is 11.4 Å². The summed E-state index contributed by atoms with van der Waals surface area (Å²) in [6.07, 6.45) is -1.78. The Balaban J connectivity index is 1.31. The Morgan fingerprint density at radius 2 is 1.72 bits per heavy atom. The predicted molar refractivity (Wildman–Crippen MR) is 118 cm³/mol. The zero-order chi connectivity index (χ0) is 22.1. The van der Waals surface area contributed by atoms with Crippen molar-refractivity contribution in [3.8, 4) is 22.6 Å². The minimum atomic E-state index is -4.35. The van der Waals surface area contributed by atoms with E-state index in [-0.39, 0.29) is 0 Å². The lowest BCUT2D eigenvalue weighted by Gasteiger charge is -2.27. The van der Waals surface area contributed by atoms with Gasteiger partial charge in [-0.05, 0) is 12.1 Å². The molecule has 4 nitrogen and oxygen atoms in total. The summed E-state index contributed by atoms with van der Waals surface area (Å²) in [5, 5.41) is 0. The largest absolute Gasteiger partial charge is 0.416 e. The van der Waals surface area contributed by atoms with E-state index in [4.69, 9.17) is 0 Å². The fourth-order valence-electron chi connectivity index (χ4n) is 3.87. The van der Waals surface area contributed by atoms with Gasteiger partial charge in [0.15, 0.2) is 5.82 Å². The molecule has 0 atom stereocenters. The van der Waals surface area contributed by atoms with Crippen molar-refractivity contribution < 1.29 is 13.2 Å². The summed E-state index contributed by atoms with van der Waals surface area (Å²) < 4.78 is 38.4. The molecule has 0 N–H and O–H groups in total. The van der Waals surface area contributed by atoms with Gasteiger partial charge in [0.05, 0.1) is 22.5 Å². The third-order valence-electron chi connectivity index (χ3n) is 5.54. The molecule has 0 spiro atoms. The number of fused-ring (bicyclic) bond motifs is 1. The molecule has 2 aromatic heterocycles. The van der Waals surface area contributed by atoms with Crippen LogP contribution in [-0.2, 0) is 25.7 Å². The average molecular weight is 453 g/mol. The molecule has 1 aliphatic rings. The topological polar surface area (TPSA) is 41.9 Å². The van der Waals surface area contributed by atoms with E-state index < -0.39 is 11.7 Å². The molecular formula is C24H19F3N4S. The Labute approximate surface area is 187 Å². The van der Waals surface area contributed by atoms with Crippen molar-refractivity contribution in [2.24, 2.45) is 0 Å². The first-order valence-corrected chi connectivity index (χ1v) is 11.1. The second-order valence-corrected chi connectivity index (χ2v) is 8.63. The Hall–Kier alpha value is -3.10. The lowest BCUT2D eigenvalue weighted by atomic mass is 10.1. The second-order valence-electron chi connectivity index (χ2n) is 7.69. The Bertz CT molecular complexity index is 1220. The van der Waals surface area contributed by atoms with Gasteiger partial charge in [0.2, 0.25) is 0 Å². The molecule has 0 radical (unpaired) electrons. The first-order valence-electron chi connectivity index (χ1n) is 10.2. The van der Waals surface area contributed by atoms with Crippen LogP contribution >= 0.6 is 11.3 Å². The molecule has 0 bridgehead atoms. The molecule has 8 heteroatoms. The summed E-state index contributed by atoms with van der Waals surface area (Å²) in [5.74, 6) is 0.458. The van der Waals surface area contributed by atoms with Gasteiger partial charge < -0.3 is 0 Å². The molecule has 1 aliphatic heterocycles. The molecule has 4 aromatic rings. The maximum absolute atomic E-state index is 12.8. The highest BCUT2D eigenvalue weighted by molar-refractivity contribution is 7.10. The zero-order valence-corrected chi connectivity index (χ0v) is 17.8. The fourth-order valence-corrected chi connectivity index (χ4v) is 4.70. The summed E-state index contributed by atoms with van der Waals surface area (Å²) in [4.78, 5) is 17.2. The molecule has 0 aliphatic carbocycles. The standard InChI is InChI=1S/C24H19F3N4S/c25-24(26,27)19-8-6-17(7-9-19)23-28-12-18-13-31(11-10-20(18)30-23)14-21-22(29-15-32-21)16-4-2-1-3-5-16/h1-9,12,15H,10-11,13-14H2. The van der Waals surface area contributed by atoms with E-state index in [1.807, 2.05) is 23.7 Å². The third kappa shape index (κ3) is 4.28. The summed E-state index contributed by atoms with van der Waals surface area (Å²) in [6.45, 7) is 2.38. The van der Waals surface area contributed by atoms with Gasteiger partial charge in [-0.1, -0.05) is 42.5 Å². The Morgan fingerprint density at radius 1 is 0.938 bits per heavy atom. The highest BCUT2D eigenvalue weighted by Crippen LogP contribution is 2.31. The number of benzene rings is 2. The number of thiazole rings is 1. The second kappa shape index (κ2) is 8.44. The van der Waals surface area contributed by atoms with E-state index in [0.717, 1.165) is 60.7 Å². The number of aromatic nitrogens is 3. The van der Waals surface area contributed by atoms with Crippen LogP contribution in [0.5, 0.6) is 0 Å². The van der Waals surface area contributed by atoms with Gasteiger partial charge in [-0.3, -0.25) is 4.90 Å². The van der Waals surface area contributed by atoms with E-state index in [2.05, 4.69) is 32.0 Å². The van der Waals surface area contributed by atoms with Crippen molar-refractivity contribution in [1.82, 2.24) is 19.9 Å². The van der Waals surface area contributed by atoms with Gasteiger partial charge in [0.25, 0.3) is 0 Å². The monoisotopic (exact) mass is 452 g/mol. The molecule has 0 saturated carbocycles. The number of nitrogens with zero attached hydrogens (tertiary/aromatic N) is 4. The van der Waals surface area contributed by atoms with E-state index in [1.165, 1.54) is 17.0 Å². The van der Waals surface area contributed by atoms with Crippen molar-refractivity contribution in [1.29, 1.82) is 0 Å².